The fraction of sp³-hybridized carbons (Fsp3) is 0.947. The number of hydrogen-bond acceptors (Lipinski definition) is 3. The fourth-order valence-electron chi connectivity index (χ4n) is 5.76. The lowest BCUT2D eigenvalue weighted by atomic mass is 9.46. The van der Waals surface area contributed by atoms with E-state index in [1.165, 1.54) is 58.0 Å². The van der Waals surface area contributed by atoms with Crippen molar-refractivity contribution in [2.75, 3.05) is 26.2 Å². The molecule has 3 saturated carbocycles. The Labute approximate surface area is 145 Å². The second kappa shape index (κ2) is 5.87. The lowest BCUT2D eigenvalue weighted by Crippen LogP contribution is -2.72. The van der Waals surface area contributed by atoms with E-state index in [2.05, 4.69) is 22.5 Å². The van der Waals surface area contributed by atoms with Crippen molar-refractivity contribution in [2.45, 2.75) is 76.1 Å². The maximum Gasteiger partial charge on any atom is 0.191 e. The standard InChI is InChI=1S/C19H32N4O/c1-2-20-18(21-13-6-10-23(12-13)14-4-5-14)22-16-15-7-11-24-17(15)19(16)8-3-9-19/h13-17H,2-12H2,1H3,(H2,20,21,22). The van der Waals surface area contributed by atoms with Crippen molar-refractivity contribution in [3.63, 3.8) is 0 Å². The first kappa shape index (κ1) is 15.4. The highest BCUT2D eigenvalue weighted by Gasteiger charge is 2.66. The minimum atomic E-state index is 0.424. The first-order valence-corrected chi connectivity index (χ1v) is 10.2. The molecule has 0 bridgehead atoms. The normalized spacial score (nSPS) is 41.0. The number of likely N-dealkylation sites (tertiary alicyclic amines) is 1. The molecule has 2 aliphatic heterocycles. The first-order valence-electron chi connectivity index (χ1n) is 10.2. The molecule has 4 atom stereocenters. The number of nitrogens with one attached hydrogen (secondary N) is 2. The van der Waals surface area contributed by atoms with Crippen LogP contribution < -0.4 is 10.6 Å². The van der Waals surface area contributed by atoms with Crippen molar-refractivity contribution >= 4 is 5.96 Å². The van der Waals surface area contributed by atoms with Gasteiger partial charge in [-0.1, -0.05) is 6.42 Å². The molecule has 5 heteroatoms. The number of hydrogen-bond donors (Lipinski definition) is 2. The molecule has 5 fully saturated rings. The van der Waals surface area contributed by atoms with E-state index in [0.29, 0.717) is 29.5 Å². The Kier molecular flexibility index (Phi) is 3.78. The van der Waals surface area contributed by atoms with Crippen molar-refractivity contribution in [3.8, 4) is 0 Å². The van der Waals surface area contributed by atoms with Gasteiger partial charge < -0.3 is 15.4 Å². The molecule has 1 spiro atoms. The molecule has 0 amide bonds. The number of fused-ring (bicyclic) bond motifs is 2. The van der Waals surface area contributed by atoms with E-state index in [-0.39, 0.29) is 0 Å². The van der Waals surface area contributed by atoms with Gasteiger partial charge in [0, 0.05) is 55.7 Å². The summed E-state index contributed by atoms with van der Waals surface area (Å²) in [6.45, 7) is 6.39. The van der Waals surface area contributed by atoms with Crippen molar-refractivity contribution in [1.29, 1.82) is 0 Å². The predicted molar refractivity (Wildman–Crippen MR) is 95.2 cm³/mol. The average molecular weight is 332 g/mol. The third-order valence-electron chi connectivity index (χ3n) is 7.27. The summed E-state index contributed by atoms with van der Waals surface area (Å²) in [6.07, 6.45) is 9.88. The molecule has 5 nitrogen and oxygen atoms in total. The molecule has 2 N–H and O–H groups in total. The van der Waals surface area contributed by atoms with Gasteiger partial charge in [0.25, 0.3) is 0 Å². The summed E-state index contributed by atoms with van der Waals surface area (Å²) in [5.41, 5.74) is 0.424. The highest BCUT2D eigenvalue weighted by Crippen LogP contribution is 2.62. The predicted octanol–water partition coefficient (Wildman–Crippen LogP) is 1.74. The molecule has 0 radical (unpaired) electrons. The molecule has 5 aliphatic rings. The van der Waals surface area contributed by atoms with Gasteiger partial charge in [-0.15, -0.1) is 0 Å². The van der Waals surface area contributed by atoms with E-state index in [1.807, 2.05) is 0 Å². The van der Waals surface area contributed by atoms with E-state index in [1.54, 1.807) is 0 Å². The minimum Gasteiger partial charge on any atom is -0.377 e. The van der Waals surface area contributed by atoms with Crippen LogP contribution in [0.2, 0.25) is 0 Å². The lowest BCUT2D eigenvalue weighted by molar-refractivity contribution is -0.171. The van der Waals surface area contributed by atoms with Crippen molar-refractivity contribution < 1.29 is 4.74 Å². The summed E-state index contributed by atoms with van der Waals surface area (Å²) >= 11 is 0. The van der Waals surface area contributed by atoms with Gasteiger partial charge in [-0.05, 0) is 45.4 Å². The summed E-state index contributed by atoms with van der Waals surface area (Å²) in [4.78, 5) is 7.43. The Hall–Kier alpha value is -0.810. The quantitative estimate of drug-likeness (QED) is 0.608. The van der Waals surface area contributed by atoms with E-state index in [9.17, 15) is 0 Å². The maximum atomic E-state index is 6.06. The largest absolute Gasteiger partial charge is 0.377 e. The molecule has 2 heterocycles. The summed E-state index contributed by atoms with van der Waals surface area (Å²) in [7, 11) is 0. The SMILES string of the molecule is CCN=C(NC1CCN(C2CC2)C1)NC1C2CCOC2C12CCC2. The van der Waals surface area contributed by atoms with Crippen molar-refractivity contribution in [1.82, 2.24) is 15.5 Å². The number of ether oxygens (including phenoxy) is 1. The van der Waals surface area contributed by atoms with Crippen LogP contribution in [0.5, 0.6) is 0 Å². The summed E-state index contributed by atoms with van der Waals surface area (Å²) in [5, 5.41) is 7.60. The van der Waals surface area contributed by atoms with Gasteiger partial charge in [-0.2, -0.15) is 0 Å². The minimum absolute atomic E-state index is 0.424. The smallest absolute Gasteiger partial charge is 0.191 e. The first-order chi connectivity index (χ1) is 11.8. The molecule has 3 aliphatic carbocycles. The van der Waals surface area contributed by atoms with Crippen LogP contribution >= 0.6 is 0 Å². The number of aliphatic imine (C=N–C) groups is 1. The number of nitrogens with zero attached hydrogens (tertiary/aromatic N) is 2. The van der Waals surface area contributed by atoms with Crippen molar-refractivity contribution in [3.05, 3.63) is 0 Å². The Balaban J connectivity index is 1.23. The van der Waals surface area contributed by atoms with Crippen LogP contribution in [-0.2, 0) is 4.74 Å². The number of guanidine groups is 1. The topological polar surface area (TPSA) is 48.9 Å². The van der Waals surface area contributed by atoms with Crippen LogP contribution in [0.15, 0.2) is 4.99 Å². The van der Waals surface area contributed by atoms with Gasteiger partial charge >= 0.3 is 0 Å². The van der Waals surface area contributed by atoms with E-state index in [0.717, 1.165) is 25.2 Å². The molecule has 24 heavy (non-hydrogen) atoms. The molecule has 0 aromatic heterocycles. The Bertz CT molecular complexity index is 513. The van der Waals surface area contributed by atoms with Crippen LogP contribution in [0.4, 0.5) is 0 Å². The fourth-order valence-corrected chi connectivity index (χ4v) is 5.76. The van der Waals surface area contributed by atoms with Gasteiger partial charge in [0.1, 0.15) is 0 Å². The van der Waals surface area contributed by atoms with Gasteiger partial charge in [-0.3, -0.25) is 9.89 Å². The lowest BCUT2D eigenvalue weighted by Gasteiger charge is -2.63. The second-order valence-corrected chi connectivity index (χ2v) is 8.63. The van der Waals surface area contributed by atoms with Crippen LogP contribution in [-0.4, -0.2) is 61.3 Å². The van der Waals surface area contributed by atoms with Gasteiger partial charge in [-0.25, -0.2) is 0 Å². The Morgan fingerprint density at radius 3 is 2.79 bits per heavy atom. The summed E-state index contributed by atoms with van der Waals surface area (Å²) in [6, 6.07) is 2.03. The van der Waals surface area contributed by atoms with Crippen LogP contribution in [0.1, 0.15) is 51.9 Å². The van der Waals surface area contributed by atoms with Crippen LogP contribution in [0.3, 0.4) is 0 Å². The van der Waals surface area contributed by atoms with Gasteiger partial charge in [0.15, 0.2) is 5.96 Å². The van der Waals surface area contributed by atoms with E-state index in [4.69, 9.17) is 9.73 Å². The maximum absolute atomic E-state index is 6.06. The third kappa shape index (κ3) is 2.38. The zero-order valence-electron chi connectivity index (χ0n) is 15.0. The highest BCUT2D eigenvalue weighted by molar-refractivity contribution is 5.81. The molecular formula is C19H32N4O. The van der Waals surface area contributed by atoms with Crippen LogP contribution in [0.25, 0.3) is 0 Å². The van der Waals surface area contributed by atoms with Gasteiger partial charge in [0.05, 0.1) is 6.10 Å². The molecule has 0 aromatic carbocycles. The molecular weight excluding hydrogens is 300 g/mol. The zero-order chi connectivity index (χ0) is 16.1. The van der Waals surface area contributed by atoms with Crippen molar-refractivity contribution in [2.24, 2.45) is 16.3 Å². The van der Waals surface area contributed by atoms with E-state index < -0.39 is 0 Å². The highest BCUT2D eigenvalue weighted by atomic mass is 16.5. The van der Waals surface area contributed by atoms with E-state index >= 15 is 0 Å². The molecule has 5 rings (SSSR count). The Morgan fingerprint density at radius 2 is 2.08 bits per heavy atom. The Morgan fingerprint density at radius 1 is 1.21 bits per heavy atom. The number of rotatable bonds is 4. The molecule has 134 valence electrons. The average Bonchev–Trinajstić information content (AvgIpc) is 3.12. The third-order valence-corrected chi connectivity index (χ3v) is 7.27. The van der Waals surface area contributed by atoms with Crippen LogP contribution in [0, 0.1) is 11.3 Å². The molecule has 0 aromatic rings. The zero-order valence-corrected chi connectivity index (χ0v) is 15.0. The summed E-state index contributed by atoms with van der Waals surface area (Å²) < 4.78 is 6.06. The molecule has 2 saturated heterocycles. The molecule has 4 unspecified atom stereocenters. The monoisotopic (exact) mass is 332 g/mol. The second-order valence-electron chi connectivity index (χ2n) is 8.63. The summed E-state index contributed by atoms with van der Waals surface area (Å²) in [5.74, 6) is 1.77. The van der Waals surface area contributed by atoms with Gasteiger partial charge in [0.2, 0.25) is 0 Å².